The summed E-state index contributed by atoms with van der Waals surface area (Å²) in [5, 5.41) is 0. The van der Waals surface area contributed by atoms with Gasteiger partial charge in [-0.2, -0.15) is 0 Å². The van der Waals surface area contributed by atoms with Crippen LogP contribution in [0, 0.1) is 11.8 Å². The lowest BCUT2D eigenvalue weighted by atomic mass is 9.82. The number of carbonyl (C=O) groups excluding carboxylic acids is 3. The highest BCUT2D eigenvalue weighted by Gasteiger charge is 2.43. The number of rotatable bonds is 5. The Bertz CT molecular complexity index is 998. The zero-order chi connectivity index (χ0) is 22.8. The Labute approximate surface area is 195 Å². The van der Waals surface area contributed by atoms with Gasteiger partial charge in [-0.3, -0.25) is 14.4 Å². The van der Waals surface area contributed by atoms with Gasteiger partial charge in [-0.15, -0.1) is 0 Å². The van der Waals surface area contributed by atoms with Crippen molar-refractivity contribution in [1.29, 1.82) is 0 Å². The van der Waals surface area contributed by atoms with Crippen LogP contribution in [0.25, 0.3) is 0 Å². The Kier molecular flexibility index (Phi) is 6.16. The first-order chi connectivity index (χ1) is 16.1. The number of piperazine rings is 1. The third-order valence-corrected chi connectivity index (χ3v) is 7.19. The van der Waals surface area contributed by atoms with Gasteiger partial charge < -0.3 is 14.7 Å². The largest absolute Gasteiger partial charge is 0.339 e. The lowest BCUT2D eigenvalue weighted by Gasteiger charge is -2.44. The fraction of sp³-hybridized carbons (Fsp3) is 0.444. The van der Waals surface area contributed by atoms with Gasteiger partial charge >= 0.3 is 0 Å². The molecule has 6 heteroatoms. The molecule has 2 aromatic rings. The van der Waals surface area contributed by atoms with E-state index in [4.69, 9.17) is 0 Å². The van der Waals surface area contributed by atoms with Gasteiger partial charge in [-0.1, -0.05) is 60.7 Å². The summed E-state index contributed by atoms with van der Waals surface area (Å²) in [6.07, 6.45) is 2.95. The second kappa shape index (κ2) is 9.38. The molecular weight excluding hydrogens is 414 g/mol. The predicted molar refractivity (Wildman–Crippen MR) is 125 cm³/mol. The number of benzene rings is 2. The van der Waals surface area contributed by atoms with Gasteiger partial charge in [0, 0.05) is 45.1 Å². The Hall–Kier alpha value is -3.15. The van der Waals surface area contributed by atoms with E-state index in [9.17, 15) is 14.4 Å². The second-order valence-electron chi connectivity index (χ2n) is 9.43. The van der Waals surface area contributed by atoms with Crippen molar-refractivity contribution < 1.29 is 14.4 Å². The van der Waals surface area contributed by atoms with Gasteiger partial charge in [0.05, 0.1) is 12.0 Å². The number of hydrogen-bond donors (Lipinski definition) is 0. The van der Waals surface area contributed by atoms with Gasteiger partial charge in [-0.25, -0.2) is 0 Å². The first-order valence-corrected chi connectivity index (χ1v) is 12.1. The fourth-order valence-corrected chi connectivity index (χ4v) is 5.21. The molecule has 0 aromatic heterocycles. The van der Waals surface area contributed by atoms with E-state index >= 15 is 0 Å². The second-order valence-corrected chi connectivity index (χ2v) is 9.43. The number of nitrogens with zero attached hydrogens (tertiary/aromatic N) is 3. The average molecular weight is 446 g/mol. The topological polar surface area (TPSA) is 60.9 Å². The highest BCUT2D eigenvalue weighted by Crippen LogP contribution is 2.39. The number of likely N-dealkylation sites (tertiary alicyclic amines) is 1. The van der Waals surface area contributed by atoms with Crippen LogP contribution in [0.15, 0.2) is 60.7 Å². The molecule has 2 aromatic carbocycles. The Morgan fingerprint density at radius 2 is 1.33 bits per heavy atom. The van der Waals surface area contributed by atoms with E-state index in [-0.39, 0.29) is 35.6 Å². The van der Waals surface area contributed by atoms with Crippen LogP contribution in [-0.4, -0.2) is 58.6 Å². The van der Waals surface area contributed by atoms with Crippen LogP contribution in [-0.2, 0) is 20.9 Å². The van der Waals surface area contributed by atoms with Gasteiger partial charge in [0.1, 0.15) is 0 Å². The van der Waals surface area contributed by atoms with E-state index < -0.39 is 0 Å². The lowest BCUT2D eigenvalue weighted by molar-refractivity contribution is -0.151. The van der Waals surface area contributed by atoms with Crippen molar-refractivity contribution in [3.8, 4) is 0 Å². The molecule has 0 unspecified atom stereocenters. The molecule has 6 nitrogen and oxygen atoms in total. The number of carbonyl (C=O) groups is 3. The number of hydrogen-bond acceptors (Lipinski definition) is 3. The third-order valence-electron chi connectivity index (χ3n) is 7.19. The molecule has 1 aliphatic carbocycles. The quantitative estimate of drug-likeness (QED) is 0.710. The monoisotopic (exact) mass is 445 g/mol. The molecule has 3 aliphatic rings. The fourth-order valence-electron chi connectivity index (χ4n) is 5.21. The van der Waals surface area contributed by atoms with Crippen molar-refractivity contribution in [2.75, 3.05) is 26.2 Å². The van der Waals surface area contributed by atoms with E-state index in [0.29, 0.717) is 45.6 Å². The molecule has 2 heterocycles. The minimum absolute atomic E-state index is 0.0941. The van der Waals surface area contributed by atoms with Gasteiger partial charge in [-0.05, 0) is 30.4 Å². The van der Waals surface area contributed by atoms with E-state index in [1.54, 1.807) is 0 Å². The summed E-state index contributed by atoms with van der Waals surface area (Å²) < 4.78 is 0. The molecule has 172 valence electrons. The van der Waals surface area contributed by atoms with Crippen LogP contribution >= 0.6 is 0 Å². The molecule has 3 fully saturated rings. The summed E-state index contributed by atoms with van der Waals surface area (Å²) in [5.74, 6) is 0.385. The molecule has 3 amide bonds. The van der Waals surface area contributed by atoms with Gasteiger partial charge in [0.15, 0.2) is 0 Å². The number of piperidine rings is 1. The molecular formula is C27H31N3O3. The van der Waals surface area contributed by atoms with E-state index in [1.807, 2.05) is 75.4 Å². The average Bonchev–Trinajstić information content (AvgIpc) is 3.71. The van der Waals surface area contributed by atoms with Crippen molar-refractivity contribution in [2.24, 2.45) is 11.8 Å². The SMILES string of the molecule is O=C(C1CC1)N1CCN(C(=O)[C@@H]2CCC(=O)N(Cc3ccccc3)[C@H]2c2ccccc2)CC1. The zero-order valence-corrected chi connectivity index (χ0v) is 18.9. The maximum atomic E-state index is 13.7. The summed E-state index contributed by atoms with van der Waals surface area (Å²) in [6.45, 7) is 2.85. The van der Waals surface area contributed by atoms with Crippen LogP contribution in [0.4, 0.5) is 0 Å². The highest BCUT2D eigenvalue weighted by atomic mass is 16.2. The highest BCUT2D eigenvalue weighted by molar-refractivity contribution is 5.86. The molecule has 5 rings (SSSR count). The molecule has 2 saturated heterocycles. The molecule has 33 heavy (non-hydrogen) atoms. The molecule has 2 aliphatic heterocycles. The maximum absolute atomic E-state index is 13.7. The van der Waals surface area contributed by atoms with Crippen molar-refractivity contribution in [1.82, 2.24) is 14.7 Å². The van der Waals surface area contributed by atoms with E-state index in [1.165, 1.54) is 0 Å². The van der Waals surface area contributed by atoms with Crippen LogP contribution in [0.2, 0.25) is 0 Å². The van der Waals surface area contributed by atoms with Gasteiger partial charge in [0.2, 0.25) is 17.7 Å². The molecule has 1 saturated carbocycles. The Morgan fingerprint density at radius 1 is 0.758 bits per heavy atom. The third kappa shape index (κ3) is 4.65. The summed E-state index contributed by atoms with van der Waals surface area (Å²) in [4.78, 5) is 44.9. The van der Waals surface area contributed by atoms with Gasteiger partial charge in [0.25, 0.3) is 0 Å². The molecule has 0 radical (unpaired) electrons. The van der Waals surface area contributed by atoms with E-state index in [0.717, 1.165) is 24.0 Å². The normalized spacial score (nSPS) is 23.5. The molecule has 0 bridgehead atoms. The summed E-state index contributed by atoms with van der Waals surface area (Å²) in [6, 6.07) is 19.6. The van der Waals surface area contributed by atoms with Crippen LogP contribution < -0.4 is 0 Å². The van der Waals surface area contributed by atoms with E-state index in [2.05, 4.69) is 0 Å². The van der Waals surface area contributed by atoms with Crippen molar-refractivity contribution in [3.05, 3.63) is 71.8 Å². The molecule has 0 spiro atoms. The van der Waals surface area contributed by atoms with Crippen LogP contribution in [0.3, 0.4) is 0 Å². The Morgan fingerprint density at radius 3 is 1.94 bits per heavy atom. The molecule has 0 N–H and O–H groups in total. The first-order valence-electron chi connectivity index (χ1n) is 12.1. The van der Waals surface area contributed by atoms with Crippen LogP contribution in [0.5, 0.6) is 0 Å². The minimum Gasteiger partial charge on any atom is -0.339 e. The standard InChI is InChI=1S/C27H31N3O3/c31-24-14-13-23(27(33)29-17-15-28(16-18-29)26(32)22-11-12-22)25(21-9-5-2-6-10-21)30(24)19-20-7-3-1-4-8-20/h1-10,22-23,25H,11-19H2/t23-,25+/m1/s1. The van der Waals surface area contributed by atoms with Crippen LogP contribution in [0.1, 0.15) is 42.9 Å². The summed E-state index contributed by atoms with van der Waals surface area (Å²) in [5.41, 5.74) is 2.06. The van der Waals surface area contributed by atoms with Crippen molar-refractivity contribution >= 4 is 17.7 Å². The maximum Gasteiger partial charge on any atom is 0.228 e. The summed E-state index contributed by atoms with van der Waals surface area (Å²) in [7, 11) is 0. The smallest absolute Gasteiger partial charge is 0.228 e. The number of amides is 3. The zero-order valence-electron chi connectivity index (χ0n) is 18.9. The first kappa shape index (κ1) is 21.7. The van der Waals surface area contributed by atoms with Crippen molar-refractivity contribution in [3.63, 3.8) is 0 Å². The molecule has 2 atom stereocenters. The predicted octanol–water partition coefficient (Wildman–Crippen LogP) is 3.25. The minimum atomic E-state index is -0.286. The Balaban J connectivity index is 1.36. The summed E-state index contributed by atoms with van der Waals surface area (Å²) >= 11 is 0. The lowest BCUT2D eigenvalue weighted by Crippen LogP contribution is -2.55. The van der Waals surface area contributed by atoms with Crippen molar-refractivity contribution in [2.45, 2.75) is 38.3 Å².